The second kappa shape index (κ2) is 7.83. The standard InChI is InChI=1S/C16H22FN4O3P/c1-4-5-6-10-13-15(19-8-18-10)21(9-20-13)16-12(17)14(24-25(2)3)11(7-22)23-16/h4,8-9,11-12,14,16,22H,1,5-7H2,2-3H3/t11-,12-,14-,16-/m1/s1/i22D. The van der Waals surface area contributed by atoms with Crippen molar-refractivity contribution < 1.29 is 18.8 Å². The molecule has 3 rings (SSSR count). The summed E-state index contributed by atoms with van der Waals surface area (Å²) in [7, 11) is -0.795. The highest BCUT2D eigenvalue weighted by atomic mass is 31.1. The van der Waals surface area contributed by atoms with Crippen molar-refractivity contribution >= 4 is 19.3 Å². The molecule has 7 nitrogen and oxygen atoms in total. The Bertz CT molecular complexity index is 762. The lowest BCUT2D eigenvalue weighted by molar-refractivity contribution is -0.0427. The van der Waals surface area contributed by atoms with E-state index in [2.05, 4.69) is 26.6 Å². The van der Waals surface area contributed by atoms with Crippen molar-refractivity contribution in [2.75, 3.05) is 19.9 Å². The van der Waals surface area contributed by atoms with Crippen molar-refractivity contribution in [1.82, 2.24) is 19.5 Å². The number of ether oxygens (including phenoxy) is 1. The van der Waals surface area contributed by atoms with Gasteiger partial charge in [-0.3, -0.25) is 4.57 Å². The highest BCUT2D eigenvalue weighted by Gasteiger charge is 2.47. The van der Waals surface area contributed by atoms with Crippen LogP contribution in [0.1, 0.15) is 18.3 Å². The number of aryl methyl sites for hydroxylation is 1. The van der Waals surface area contributed by atoms with Gasteiger partial charge in [0, 0.05) is 8.15 Å². The Morgan fingerprint density at radius 3 is 3.08 bits per heavy atom. The van der Waals surface area contributed by atoms with Crippen LogP contribution in [-0.2, 0) is 15.7 Å². The Labute approximate surface area is 148 Å². The third-order valence-electron chi connectivity index (χ3n) is 4.06. The molecule has 0 bridgehead atoms. The maximum Gasteiger partial charge on any atom is 0.210 e. The van der Waals surface area contributed by atoms with Gasteiger partial charge in [0.25, 0.3) is 0 Å². The van der Waals surface area contributed by atoms with Crippen LogP contribution in [0.15, 0.2) is 25.3 Å². The molecule has 0 saturated carbocycles. The Balaban J connectivity index is 1.92. The van der Waals surface area contributed by atoms with Gasteiger partial charge in [0.05, 0.1) is 18.6 Å². The van der Waals surface area contributed by atoms with Crippen molar-refractivity contribution in [3.05, 3.63) is 31.0 Å². The molecule has 9 heteroatoms. The van der Waals surface area contributed by atoms with Gasteiger partial charge < -0.3 is 14.4 Å². The molecule has 0 aliphatic carbocycles. The Morgan fingerprint density at radius 1 is 1.52 bits per heavy atom. The summed E-state index contributed by atoms with van der Waals surface area (Å²) < 4.78 is 35.2. The number of alkyl halides is 1. The first-order valence-corrected chi connectivity index (χ1v) is 10.2. The number of aliphatic hydroxyl groups is 1. The second-order valence-electron chi connectivity index (χ2n) is 6.03. The zero-order chi connectivity index (χ0) is 18.7. The number of fused-ring (bicyclic) bond motifs is 1. The molecule has 0 aromatic carbocycles. The number of aromatic nitrogens is 4. The number of aliphatic hydroxyl groups excluding tert-OH is 1. The maximum atomic E-state index is 15.1. The lowest BCUT2D eigenvalue weighted by Crippen LogP contribution is -2.32. The molecule has 1 aliphatic rings. The average Bonchev–Trinajstić information content (AvgIpc) is 3.16. The summed E-state index contributed by atoms with van der Waals surface area (Å²) in [5.41, 5.74) is 1.91. The molecule has 4 atom stereocenters. The molecule has 0 amide bonds. The third kappa shape index (κ3) is 3.58. The van der Waals surface area contributed by atoms with Crippen LogP contribution in [0.3, 0.4) is 0 Å². The molecule has 136 valence electrons. The predicted molar refractivity (Wildman–Crippen MR) is 93.4 cm³/mol. The van der Waals surface area contributed by atoms with Crippen LogP contribution in [0.2, 0.25) is 0 Å². The van der Waals surface area contributed by atoms with Gasteiger partial charge >= 0.3 is 0 Å². The van der Waals surface area contributed by atoms with E-state index in [1.54, 1.807) is 4.57 Å². The summed E-state index contributed by atoms with van der Waals surface area (Å²) in [6, 6.07) is 0. The lowest BCUT2D eigenvalue weighted by atomic mass is 10.1. The van der Waals surface area contributed by atoms with Crippen molar-refractivity contribution in [2.24, 2.45) is 0 Å². The number of nitrogens with zero attached hydrogens (tertiary/aromatic N) is 4. The molecule has 1 aliphatic heterocycles. The molecule has 0 spiro atoms. The minimum atomic E-state index is -1.43. The first-order chi connectivity index (χ1) is 12.6. The van der Waals surface area contributed by atoms with Crippen LogP contribution in [0, 0.1) is 0 Å². The fourth-order valence-corrected chi connectivity index (χ4v) is 3.67. The predicted octanol–water partition coefficient (Wildman–Crippen LogP) is 2.21. The van der Waals surface area contributed by atoms with Crippen molar-refractivity contribution in [3.63, 3.8) is 0 Å². The van der Waals surface area contributed by atoms with Crippen LogP contribution >= 0.6 is 8.15 Å². The van der Waals surface area contributed by atoms with Gasteiger partial charge in [0.15, 0.2) is 18.0 Å². The topological polar surface area (TPSA) is 82.3 Å². The smallest absolute Gasteiger partial charge is 0.210 e. The molecular weight excluding hydrogens is 346 g/mol. The molecule has 1 fully saturated rings. The molecule has 2 aromatic heterocycles. The minimum Gasteiger partial charge on any atom is -0.394 e. The summed E-state index contributed by atoms with van der Waals surface area (Å²) in [6.45, 7) is 7.42. The van der Waals surface area contributed by atoms with E-state index in [1.165, 1.54) is 12.7 Å². The number of allylic oxidation sites excluding steroid dienone is 1. The highest BCUT2D eigenvalue weighted by molar-refractivity contribution is 7.50. The summed E-state index contributed by atoms with van der Waals surface area (Å²) in [4.78, 5) is 12.9. The molecule has 25 heavy (non-hydrogen) atoms. The second-order valence-corrected chi connectivity index (χ2v) is 7.87. The largest absolute Gasteiger partial charge is 0.394 e. The monoisotopic (exact) mass is 369 g/mol. The van der Waals surface area contributed by atoms with E-state index in [0.717, 1.165) is 12.1 Å². The molecule has 0 radical (unpaired) electrons. The molecule has 1 N–H and O–H groups in total. The summed E-state index contributed by atoms with van der Waals surface area (Å²) in [5, 5.41) is 4.43. The van der Waals surface area contributed by atoms with Crippen LogP contribution in [-0.4, -0.2) is 64.4 Å². The van der Waals surface area contributed by atoms with Crippen molar-refractivity contribution in [1.29, 1.82) is 1.43 Å². The quantitative estimate of drug-likeness (QED) is 0.568. The van der Waals surface area contributed by atoms with Crippen LogP contribution in [0.5, 0.6) is 0 Å². The van der Waals surface area contributed by atoms with Gasteiger partial charge in [-0.2, -0.15) is 0 Å². The van der Waals surface area contributed by atoms with E-state index < -0.39 is 32.8 Å². The Kier molecular flexibility index (Phi) is 5.31. The maximum absolute atomic E-state index is 15.1. The van der Waals surface area contributed by atoms with Crippen LogP contribution in [0.4, 0.5) is 4.39 Å². The summed E-state index contributed by atoms with van der Waals surface area (Å²) >= 11 is 0. The van der Waals surface area contributed by atoms with Gasteiger partial charge in [0.2, 0.25) is 1.43 Å². The molecule has 0 unspecified atom stereocenters. The fraction of sp³-hybridized carbons (Fsp3) is 0.562. The van der Waals surface area contributed by atoms with E-state index in [-0.39, 0.29) is 6.61 Å². The normalized spacial score (nSPS) is 27.1. The molecule has 1 saturated heterocycles. The molecular formula is C16H22FN4O3P. The zero-order valence-corrected chi connectivity index (χ0v) is 15.1. The lowest BCUT2D eigenvalue weighted by Gasteiger charge is -2.20. The van der Waals surface area contributed by atoms with Crippen molar-refractivity contribution in [2.45, 2.75) is 37.4 Å². The van der Waals surface area contributed by atoms with Crippen molar-refractivity contribution in [3.8, 4) is 0 Å². The van der Waals surface area contributed by atoms with E-state index >= 15 is 4.39 Å². The number of imidazole rings is 1. The van der Waals surface area contributed by atoms with Crippen LogP contribution in [0.25, 0.3) is 11.2 Å². The van der Waals surface area contributed by atoms with Gasteiger partial charge in [-0.15, -0.1) is 6.58 Å². The zero-order valence-electron chi connectivity index (χ0n) is 15.2. The van der Waals surface area contributed by atoms with Crippen LogP contribution < -0.4 is 0 Å². The SMILES string of the molecule is [2H]OC[C@H]1O[C@@H](n2cnc3c(CCC=C)ncnc32)[C@H](F)[C@@H]1OP(C)C. The Hall–Kier alpha value is -1.47. The van der Waals surface area contributed by atoms with Gasteiger partial charge in [-0.05, 0) is 26.2 Å². The average molecular weight is 369 g/mol. The summed E-state index contributed by atoms with van der Waals surface area (Å²) in [5.74, 6) is 0. The fourth-order valence-electron chi connectivity index (χ4n) is 2.93. The minimum absolute atomic E-state index is 0.0725. The first-order valence-electron chi connectivity index (χ1n) is 8.46. The van der Waals surface area contributed by atoms with E-state index in [0.29, 0.717) is 17.6 Å². The molecule has 3 heterocycles. The number of hydrogen-bond donors (Lipinski definition) is 1. The van der Waals surface area contributed by atoms with E-state index in [4.69, 9.17) is 10.7 Å². The highest BCUT2D eigenvalue weighted by Crippen LogP contribution is 2.41. The summed E-state index contributed by atoms with van der Waals surface area (Å²) in [6.07, 6.45) is 2.37. The third-order valence-corrected chi connectivity index (χ3v) is 4.72. The molecule has 2 aromatic rings. The number of rotatable bonds is 8. The van der Waals surface area contributed by atoms with Gasteiger partial charge in [0.1, 0.15) is 24.1 Å². The number of halogens is 1. The van der Waals surface area contributed by atoms with Gasteiger partial charge in [-0.1, -0.05) is 6.08 Å². The van der Waals surface area contributed by atoms with E-state index in [1.807, 2.05) is 19.4 Å². The number of hydrogen-bond acceptors (Lipinski definition) is 6. The van der Waals surface area contributed by atoms with Gasteiger partial charge in [-0.25, -0.2) is 19.3 Å². The van der Waals surface area contributed by atoms with E-state index in [9.17, 15) is 0 Å². The first kappa shape index (κ1) is 17.0. The Morgan fingerprint density at radius 2 is 2.36 bits per heavy atom.